The van der Waals surface area contributed by atoms with Gasteiger partial charge in [0.15, 0.2) is 0 Å². The first kappa shape index (κ1) is 22.0. The topological polar surface area (TPSA) is 46.5 Å². The molecule has 152 valence electrons. The van der Waals surface area contributed by atoms with Crippen molar-refractivity contribution in [3.8, 4) is 5.75 Å². The highest BCUT2D eigenvalue weighted by molar-refractivity contribution is 5.72. The molecule has 0 aromatic heterocycles. The van der Waals surface area contributed by atoms with Gasteiger partial charge in [0, 0.05) is 5.56 Å². The van der Waals surface area contributed by atoms with Crippen LogP contribution >= 0.6 is 0 Å². The van der Waals surface area contributed by atoms with Crippen LogP contribution in [0.3, 0.4) is 0 Å². The minimum Gasteiger partial charge on any atom is -0.488 e. The molecule has 3 nitrogen and oxygen atoms in total. The third-order valence-corrected chi connectivity index (χ3v) is 4.99. The number of unbranched alkanes of at least 4 members (excludes halogenated alkanes) is 4. The highest BCUT2D eigenvalue weighted by atomic mass is 16.5. The Kier molecular flexibility index (Phi) is 9.61. The van der Waals surface area contributed by atoms with Gasteiger partial charge in [0.05, 0.1) is 6.42 Å². The van der Waals surface area contributed by atoms with Gasteiger partial charge < -0.3 is 9.84 Å². The minimum absolute atomic E-state index is 0.00647. The highest BCUT2D eigenvalue weighted by Gasteiger charge is 2.15. The average molecular weight is 383 g/mol. The van der Waals surface area contributed by atoms with Crippen LogP contribution in [0, 0.1) is 0 Å². The molecule has 3 heteroatoms. The van der Waals surface area contributed by atoms with E-state index in [0.717, 1.165) is 48.1 Å². The van der Waals surface area contributed by atoms with Crippen molar-refractivity contribution in [1.82, 2.24) is 0 Å². The Hall–Kier alpha value is -2.29. The fourth-order valence-corrected chi connectivity index (χ4v) is 3.51. The van der Waals surface area contributed by atoms with E-state index in [1.54, 1.807) is 0 Å². The molecule has 0 amide bonds. The molecule has 0 heterocycles. The lowest BCUT2D eigenvalue weighted by molar-refractivity contribution is -0.136. The second kappa shape index (κ2) is 12.2. The van der Waals surface area contributed by atoms with Gasteiger partial charge in [-0.1, -0.05) is 82.0 Å². The van der Waals surface area contributed by atoms with Crippen LogP contribution in [0.5, 0.6) is 5.75 Å². The smallest absolute Gasteiger partial charge is 0.307 e. The third kappa shape index (κ3) is 7.38. The van der Waals surface area contributed by atoms with Gasteiger partial charge in [-0.25, -0.2) is 0 Å². The number of carboxylic acids is 1. The molecular formula is C25H34O3. The van der Waals surface area contributed by atoms with E-state index in [9.17, 15) is 9.90 Å². The van der Waals surface area contributed by atoms with Gasteiger partial charge in [-0.2, -0.15) is 0 Å². The van der Waals surface area contributed by atoms with Crippen molar-refractivity contribution < 1.29 is 14.6 Å². The van der Waals surface area contributed by atoms with Crippen molar-refractivity contribution in [1.29, 1.82) is 0 Å². The molecule has 0 saturated heterocycles. The summed E-state index contributed by atoms with van der Waals surface area (Å²) in [4.78, 5) is 11.5. The first-order valence-electron chi connectivity index (χ1n) is 10.7. The van der Waals surface area contributed by atoms with Crippen molar-refractivity contribution in [2.75, 3.05) is 0 Å². The van der Waals surface area contributed by atoms with Crippen LogP contribution in [0.4, 0.5) is 0 Å². The Bertz CT molecular complexity index is 722. The molecule has 2 rings (SSSR count). The summed E-state index contributed by atoms with van der Waals surface area (Å²) in [6.07, 6.45) is 8.91. The number of hydrogen-bond acceptors (Lipinski definition) is 2. The summed E-state index contributed by atoms with van der Waals surface area (Å²) >= 11 is 0. The zero-order valence-electron chi connectivity index (χ0n) is 17.4. The van der Waals surface area contributed by atoms with Crippen LogP contribution in [0.1, 0.15) is 74.6 Å². The number of benzene rings is 2. The number of aryl methyl sites for hydroxylation is 2. The molecule has 0 aliphatic carbocycles. The van der Waals surface area contributed by atoms with Gasteiger partial charge in [0.2, 0.25) is 0 Å². The summed E-state index contributed by atoms with van der Waals surface area (Å²) in [5.74, 6) is -0.0311. The number of carbonyl (C=O) groups is 1. The standard InChI is InChI=1S/C25H34O3/c1-3-5-8-14-21-16-22(15-9-6-4-2)25(23(17-21)18-24(26)27)28-19-20-12-10-7-11-13-20/h7,10-13,16-17H,3-6,8-9,14-15,18-19H2,1-2H3,(H,26,27). The molecule has 0 atom stereocenters. The Labute approximate surface area is 169 Å². The summed E-state index contributed by atoms with van der Waals surface area (Å²) in [6, 6.07) is 14.3. The molecule has 0 unspecified atom stereocenters. The van der Waals surface area contributed by atoms with E-state index in [1.165, 1.54) is 31.2 Å². The second-order valence-electron chi connectivity index (χ2n) is 7.50. The van der Waals surface area contributed by atoms with Gasteiger partial charge in [0.1, 0.15) is 12.4 Å². The lowest BCUT2D eigenvalue weighted by atomic mass is 9.95. The van der Waals surface area contributed by atoms with Crippen LogP contribution in [-0.4, -0.2) is 11.1 Å². The summed E-state index contributed by atoms with van der Waals surface area (Å²) < 4.78 is 6.20. The van der Waals surface area contributed by atoms with Crippen LogP contribution in [0.25, 0.3) is 0 Å². The van der Waals surface area contributed by atoms with E-state index in [-0.39, 0.29) is 6.42 Å². The number of carboxylic acid groups (broad SMARTS) is 1. The van der Waals surface area contributed by atoms with Crippen LogP contribution < -0.4 is 4.74 Å². The van der Waals surface area contributed by atoms with Crippen molar-refractivity contribution in [2.24, 2.45) is 0 Å². The monoisotopic (exact) mass is 382 g/mol. The number of aliphatic carboxylic acids is 1. The fourth-order valence-electron chi connectivity index (χ4n) is 3.51. The average Bonchev–Trinajstić information content (AvgIpc) is 2.68. The first-order valence-corrected chi connectivity index (χ1v) is 10.7. The number of ether oxygens (including phenoxy) is 1. The van der Waals surface area contributed by atoms with E-state index in [1.807, 2.05) is 36.4 Å². The molecule has 0 aliphatic heterocycles. The first-order chi connectivity index (χ1) is 13.6. The Morgan fingerprint density at radius 1 is 0.857 bits per heavy atom. The summed E-state index contributed by atoms with van der Waals surface area (Å²) in [7, 11) is 0. The molecule has 28 heavy (non-hydrogen) atoms. The van der Waals surface area contributed by atoms with E-state index in [2.05, 4.69) is 19.9 Å². The quantitative estimate of drug-likeness (QED) is 0.410. The molecule has 0 radical (unpaired) electrons. The van der Waals surface area contributed by atoms with Gasteiger partial charge >= 0.3 is 5.97 Å². The van der Waals surface area contributed by atoms with Crippen molar-refractivity contribution in [2.45, 2.75) is 78.2 Å². The zero-order chi connectivity index (χ0) is 20.2. The Morgan fingerprint density at radius 3 is 2.14 bits per heavy atom. The molecule has 1 N–H and O–H groups in total. The van der Waals surface area contributed by atoms with Crippen LogP contribution in [-0.2, 0) is 30.7 Å². The van der Waals surface area contributed by atoms with Gasteiger partial charge in [-0.15, -0.1) is 0 Å². The molecule has 0 fully saturated rings. The lowest BCUT2D eigenvalue weighted by Crippen LogP contribution is -2.08. The van der Waals surface area contributed by atoms with Crippen molar-refractivity contribution >= 4 is 5.97 Å². The summed E-state index contributed by atoms with van der Waals surface area (Å²) in [5, 5.41) is 9.43. The predicted octanol–water partition coefficient (Wildman–Crippen LogP) is 6.36. The van der Waals surface area contributed by atoms with Gasteiger partial charge in [0.25, 0.3) is 0 Å². The Morgan fingerprint density at radius 2 is 1.50 bits per heavy atom. The molecule has 0 spiro atoms. The normalized spacial score (nSPS) is 10.8. The largest absolute Gasteiger partial charge is 0.488 e. The third-order valence-electron chi connectivity index (χ3n) is 4.99. The fraction of sp³-hybridized carbons (Fsp3) is 0.480. The highest BCUT2D eigenvalue weighted by Crippen LogP contribution is 2.30. The molecule has 2 aromatic rings. The van der Waals surface area contributed by atoms with E-state index in [0.29, 0.717) is 6.61 Å². The second-order valence-corrected chi connectivity index (χ2v) is 7.50. The van der Waals surface area contributed by atoms with Crippen LogP contribution in [0.2, 0.25) is 0 Å². The lowest BCUT2D eigenvalue weighted by Gasteiger charge is -2.18. The van der Waals surface area contributed by atoms with Crippen LogP contribution in [0.15, 0.2) is 42.5 Å². The molecular weight excluding hydrogens is 348 g/mol. The van der Waals surface area contributed by atoms with E-state index in [4.69, 9.17) is 4.74 Å². The summed E-state index contributed by atoms with van der Waals surface area (Å²) in [6.45, 7) is 4.86. The maximum atomic E-state index is 11.5. The summed E-state index contributed by atoms with van der Waals surface area (Å²) in [5.41, 5.74) is 4.30. The number of rotatable bonds is 13. The van der Waals surface area contributed by atoms with Gasteiger partial charge in [-0.3, -0.25) is 4.79 Å². The SMILES string of the molecule is CCCCCc1cc(CCCCC)c(OCc2ccccc2)c(CC(=O)O)c1. The number of hydrogen-bond donors (Lipinski definition) is 1. The van der Waals surface area contributed by atoms with E-state index >= 15 is 0 Å². The maximum absolute atomic E-state index is 11.5. The predicted molar refractivity (Wildman–Crippen MR) is 115 cm³/mol. The molecule has 0 aliphatic rings. The molecule has 0 saturated carbocycles. The zero-order valence-corrected chi connectivity index (χ0v) is 17.4. The minimum atomic E-state index is -0.810. The maximum Gasteiger partial charge on any atom is 0.307 e. The Balaban J connectivity index is 2.30. The van der Waals surface area contributed by atoms with Crippen molar-refractivity contribution in [3.63, 3.8) is 0 Å². The van der Waals surface area contributed by atoms with E-state index < -0.39 is 5.97 Å². The molecule has 0 bridgehead atoms. The van der Waals surface area contributed by atoms with Gasteiger partial charge in [-0.05, 0) is 42.4 Å². The molecule has 2 aromatic carbocycles. The van der Waals surface area contributed by atoms with Crippen molar-refractivity contribution in [3.05, 3.63) is 64.7 Å².